The largest absolute Gasteiger partial charge is 0.375 e. The van der Waals surface area contributed by atoms with Gasteiger partial charge in [-0.1, -0.05) is 18.2 Å². The maximum absolute atomic E-state index is 13.0. The first kappa shape index (κ1) is 10.2. The molecule has 0 heterocycles. The van der Waals surface area contributed by atoms with E-state index < -0.39 is 0 Å². The molecule has 0 saturated heterocycles. The molecule has 0 aliphatic heterocycles. The van der Waals surface area contributed by atoms with Crippen LogP contribution < -0.4 is 5.73 Å². The van der Waals surface area contributed by atoms with Crippen molar-refractivity contribution in [1.29, 1.82) is 0 Å². The van der Waals surface area contributed by atoms with Gasteiger partial charge in [-0.25, -0.2) is 4.39 Å². The van der Waals surface area contributed by atoms with Crippen LogP contribution in [0.1, 0.15) is 12.5 Å². The number of halogens is 1. The zero-order valence-corrected chi connectivity index (χ0v) is 7.66. The SMILES string of the molecule is CC(N)COCc1ccccc1F. The second-order valence-electron chi connectivity index (χ2n) is 3.08. The number of nitrogens with two attached hydrogens (primary N) is 1. The van der Waals surface area contributed by atoms with E-state index in [9.17, 15) is 4.39 Å². The Kier molecular flexibility index (Phi) is 3.86. The van der Waals surface area contributed by atoms with Gasteiger partial charge in [-0.15, -0.1) is 0 Å². The first-order valence-corrected chi connectivity index (χ1v) is 4.27. The van der Waals surface area contributed by atoms with Crippen LogP contribution in [0.3, 0.4) is 0 Å². The van der Waals surface area contributed by atoms with E-state index in [1.807, 2.05) is 6.92 Å². The Morgan fingerprint density at radius 1 is 1.46 bits per heavy atom. The lowest BCUT2D eigenvalue weighted by Gasteiger charge is -2.07. The molecule has 1 rings (SSSR count). The van der Waals surface area contributed by atoms with Crippen molar-refractivity contribution in [2.24, 2.45) is 5.73 Å². The molecule has 3 heteroatoms. The van der Waals surface area contributed by atoms with Crippen LogP contribution in [0.15, 0.2) is 24.3 Å². The summed E-state index contributed by atoms with van der Waals surface area (Å²) in [6.45, 7) is 2.59. The van der Waals surface area contributed by atoms with Crippen molar-refractivity contribution in [1.82, 2.24) is 0 Å². The van der Waals surface area contributed by atoms with Crippen LogP contribution in [0.2, 0.25) is 0 Å². The molecule has 0 fully saturated rings. The molecule has 2 N–H and O–H groups in total. The van der Waals surface area contributed by atoms with E-state index in [1.54, 1.807) is 18.2 Å². The third kappa shape index (κ3) is 3.53. The molecule has 1 aromatic rings. The lowest BCUT2D eigenvalue weighted by Crippen LogP contribution is -2.21. The highest BCUT2D eigenvalue weighted by Crippen LogP contribution is 2.07. The van der Waals surface area contributed by atoms with Crippen LogP contribution >= 0.6 is 0 Å². The predicted molar refractivity (Wildman–Crippen MR) is 49.7 cm³/mol. The van der Waals surface area contributed by atoms with Crippen molar-refractivity contribution in [3.8, 4) is 0 Å². The Morgan fingerprint density at radius 2 is 2.15 bits per heavy atom. The van der Waals surface area contributed by atoms with Gasteiger partial charge >= 0.3 is 0 Å². The van der Waals surface area contributed by atoms with Gasteiger partial charge in [0.05, 0.1) is 13.2 Å². The van der Waals surface area contributed by atoms with Gasteiger partial charge in [-0.05, 0) is 13.0 Å². The molecular weight excluding hydrogens is 169 g/mol. The minimum absolute atomic E-state index is 0.00762. The van der Waals surface area contributed by atoms with Crippen molar-refractivity contribution in [3.05, 3.63) is 35.6 Å². The molecule has 1 aromatic carbocycles. The van der Waals surface area contributed by atoms with Crippen LogP contribution in [0.5, 0.6) is 0 Å². The first-order valence-electron chi connectivity index (χ1n) is 4.27. The fourth-order valence-corrected chi connectivity index (χ4v) is 0.970. The zero-order chi connectivity index (χ0) is 9.68. The molecule has 0 aliphatic carbocycles. The van der Waals surface area contributed by atoms with E-state index in [0.717, 1.165) is 0 Å². The summed E-state index contributed by atoms with van der Waals surface area (Å²) in [7, 11) is 0. The highest BCUT2D eigenvalue weighted by atomic mass is 19.1. The molecular formula is C10H14FNO. The molecule has 0 saturated carbocycles. The minimum atomic E-state index is -0.229. The topological polar surface area (TPSA) is 35.2 Å². The van der Waals surface area contributed by atoms with Crippen molar-refractivity contribution in [3.63, 3.8) is 0 Å². The van der Waals surface area contributed by atoms with E-state index >= 15 is 0 Å². The fraction of sp³-hybridized carbons (Fsp3) is 0.400. The van der Waals surface area contributed by atoms with Crippen LogP contribution in [-0.2, 0) is 11.3 Å². The summed E-state index contributed by atoms with van der Waals surface area (Å²) in [6.07, 6.45) is 0. The summed E-state index contributed by atoms with van der Waals surface area (Å²) in [4.78, 5) is 0. The van der Waals surface area contributed by atoms with Gasteiger partial charge < -0.3 is 10.5 Å². The van der Waals surface area contributed by atoms with Gasteiger partial charge in [0.25, 0.3) is 0 Å². The van der Waals surface area contributed by atoms with E-state index in [2.05, 4.69) is 0 Å². The third-order valence-corrected chi connectivity index (χ3v) is 1.60. The van der Waals surface area contributed by atoms with Crippen LogP contribution in [0.25, 0.3) is 0 Å². The Balaban J connectivity index is 2.41. The highest BCUT2D eigenvalue weighted by Gasteiger charge is 2.00. The van der Waals surface area contributed by atoms with Gasteiger partial charge in [-0.3, -0.25) is 0 Å². The summed E-state index contributed by atoms with van der Waals surface area (Å²) in [5.74, 6) is -0.229. The number of rotatable bonds is 4. The second kappa shape index (κ2) is 4.94. The molecule has 0 radical (unpaired) electrons. The Morgan fingerprint density at radius 3 is 2.77 bits per heavy atom. The van der Waals surface area contributed by atoms with E-state index in [-0.39, 0.29) is 18.5 Å². The molecule has 0 aromatic heterocycles. The van der Waals surface area contributed by atoms with Gasteiger partial charge in [0.2, 0.25) is 0 Å². The molecule has 2 nitrogen and oxygen atoms in total. The molecule has 0 aliphatic rings. The van der Waals surface area contributed by atoms with Crippen molar-refractivity contribution in [2.45, 2.75) is 19.6 Å². The van der Waals surface area contributed by atoms with Crippen molar-refractivity contribution >= 4 is 0 Å². The number of hydrogen-bond donors (Lipinski definition) is 1. The molecule has 0 amide bonds. The van der Waals surface area contributed by atoms with Gasteiger partial charge in [-0.2, -0.15) is 0 Å². The lowest BCUT2D eigenvalue weighted by molar-refractivity contribution is 0.109. The number of hydrogen-bond acceptors (Lipinski definition) is 2. The minimum Gasteiger partial charge on any atom is -0.375 e. The maximum atomic E-state index is 13.0. The van der Waals surface area contributed by atoms with Crippen molar-refractivity contribution in [2.75, 3.05) is 6.61 Å². The smallest absolute Gasteiger partial charge is 0.128 e. The third-order valence-electron chi connectivity index (χ3n) is 1.60. The van der Waals surface area contributed by atoms with E-state index in [4.69, 9.17) is 10.5 Å². The molecule has 0 bridgehead atoms. The quantitative estimate of drug-likeness (QED) is 0.771. The van der Waals surface area contributed by atoms with Crippen molar-refractivity contribution < 1.29 is 9.13 Å². The molecule has 1 atom stereocenters. The van der Waals surface area contributed by atoms with Crippen LogP contribution in [0, 0.1) is 5.82 Å². The molecule has 72 valence electrons. The Bertz CT molecular complexity index is 263. The molecule has 13 heavy (non-hydrogen) atoms. The number of benzene rings is 1. The van der Waals surface area contributed by atoms with E-state index in [0.29, 0.717) is 12.2 Å². The van der Waals surface area contributed by atoms with Crippen LogP contribution in [0.4, 0.5) is 4.39 Å². The summed E-state index contributed by atoms with van der Waals surface area (Å²) in [5, 5.41) is 0. The summed E-state index contributed by atoms with van der Waals surface area (Å²) >= 11 is 0. The Hall–Kier alpha value is -0.930. The maximum Gasteiger partial charge on any atom is 0.128 e. The summed E-state index contributed by atoms with van der Waals surface area (Å²) < 4.78 is 18.2. The first-order chi connectivity index (χ1) is 6.20. The lowest BCUT2D eigenvalue weighted by atomic mass is 10.2. The number of ether oxygens (including phenoxy) is 1. The second-order valence-corrected chi connectivity index (χ2v) is 3.08. The van der Waals surface area contributed by atoms with Crippen LogP contribution in [-0.4, -0.2) is 12.6 Å². The molecule has 1 unspecified atom stereocenters. The average molecular weight is 183 g/mol. The summed E-state index contributed by atoms with van der Waals surface area (Å²) in [6, 6.07) is 6.56. The summed E-state index contributed by atoms with van der Waals surface area (Å²) in [5.41, 5.74) is 6.05. The molecule has 0 spiro atoms. The zero-order valence-electron chi connectivity index (χ0n) is 7.66. The van der Waals surface area contributed by atoms with Gasteiger partial charge in [0.15, 0.2) is 0 Å². The Labute approximate surface area is 77.5 Å². The normalized spacial score (nSPS) is 12.8. The van der Waals surface area contributed by atoms with Gasteiger partial charge in [0.1, 0.15) is 5.82 Å². The standard InChI is InChI=1S/C10H14FNO/c1-8(12)6-13-7-9-4-2-3-5-10(9)11/h2-5,8H,6-7,12H2,1H3. The van der Waals surface area contributed by atoms with Gasteiger partial charge in [0, 0.05) is 11.6 Å². The fourth-order valence-electron chi connectivity index (χ4n) is 0.970. The van der Waals surface area contributed by atoms with E-state index in [1.165, 1.54) is 6.07 Å². The highest BCUT2D eigenvalue weighted by molar-refractivity contribution is 5.16. The average Bonchev–Trinajstić information content (AvgIpc) is 2.08. The monoisotopic (exact) mass is 183 g/mol. The predicted octanol–water partition coefficient (Wildman–Crippen LogP) is 1.69.